The lowest BCUT2D eigenvalue weighted by Crippen LogP contribution is -2.46. The van der Waals surface area contributed by atoms with Gasteiger partial charge >= 0.3 is 0 Å². The Labute approximate surface area is 59.5 Å². The standard InChI is InChI=1S/C7H9N3/c1-2-6-7(9-3-1)10-5-4-8-6/h1-8,10H. The Morgan fingerprint density at radius 3 is 3.00 bits per heavy atom. The van der Waals surface area contributed by atoms with Gasteiger partial charge in [-0.05, 0) is 6.08 Å². The highest BCUT2D eigenvalue weighted by atomic mass is 15.2. The van der Waals surface area contributed by atoms with Crippen LogP contribution in [0.5, 0.6) is 0 Å². The molecule has 3 heteroatoms. The Kier molecular flexibility index (Phi) is 1.20. The van der Waals surface area contributed by atoms with Gasteiger partial charge in [-0.25, -0.2) is 0 Å². The van der Waals surface area contributed by atoms with Crippen LogP contribution in [0.2, 0.25) is 0 Å². The first kappa shape index (κ1) is 5.53. The molecule has 2 unspecified atom stereocenters. The van der Waals surface area contributed by atoms with Crippen molar-refractivity contribution < 1.29 is 0 Å². The second-order valence-electron chi connectivity index (χ2n) is 2.32. The molecule has 0 spiro atoms. The van der Waals surface area contributed by atoms with Gasteiger partial charge in [-0.15, -0.1) is 0 Å². The molecule has 3 nitrogen and oxygen atoms in total. The Balaban J connectivity index is 2.19. The molecule has 2 aliphatic rings. The van der Waals surface area contributed by atoms with Crippen LogP contribution in [0, 0.1) is 0 Å². The number of aliphatic imine (C=N–C) groups is 1. The molecule has 10 heavy (non-hydrogen) atoms. The minimum absolute atomic E-state index is 0.190. The molecule has 0 aromatic rings. The van der Waals surface area contributed by atoms with Crippen molar-refractivity contribution in [3.05, 3.63) is 24.6 Å². The van der Waals surface area contributed by atoms with Crippen molar-refractivity contribution in [2.24, 2.45) is 4.99 Å². The van der Waals surface area contributed by atoms with Crippen LogP contribution in [0.25, 0.3) is 0 Å². The SMILES string of the molecule is C1=CC2NC=CNC2N=C1. The van der Waals surface area contributed by atoms with E-state index >= 15 is 0 Å². The highest BCUT2D eigenvalue weighted by Gasteiger charge is 2.18. The van der Waals surface area contributed by atoms with E-state index in [-0.39, 0.29) is 6.17 Å². The normalized spacial score (nSPS) is 34.4. The number of nitrogens with zero attached hydrogens (tertiary/aromatic N) is 1. The Bertz CT molecular complexity index is 183. The molecular weight excluding hydrogens is 126 g/mol. The zero-order chi connectivity index (χ0) is 6.81. The molecule has 0 aromatic heterocycles. The van der Waals surface area contributed by atoms with E-state index in [0.717, 1.165) is 0 Å². The maximum absolute atomic E-state index is 4.21. The first-order chi connectivity index (χ1) is 4.97. The lowest BCUT2D eigenvalue weighted by atomic mass is 10.1. The summed E-state index contributed by atoms with van der Waals surface area (Å²) in [6.07, 6.45) is 9.82. The van der Waals surface area contributed by atoms with Crippen molar-refractivity contribution in [3.8, 4) is 0 Å². The lowest BCUT2D eigenvalue weighted by Gasteiger charge is -2.27. The third-order valence-electron chi connectivity index (χ3n) is 1.63. The molecule has 2 N–H and O–H groups in total. The molecule has 2 heterocycles. The monoisotopic (exact) mass is 135 g/mol. The summed E-state index contributed by atoms with van der Waals surface area (Å²) in [5.74, 6) is 0. The summed E-state index contributed by atoms with van der Waals surface area (Å²) < 4.78 is 0. The topological polar surface area (TPSA) is 36.4 Å². The molecule has 0 aliphatic carbocycles. The Morgan fingerprint density at radius 1 is 1.20 bits per heavy atom. The van der Waals surface area contributed by atoms with Crippen molar-refractivity contribution >= 4 is 6.21 Å². The zero-order valence-electron chi connectivity index (χ0n) is 5.49. The van der Waals surface area contributed by atoms with E-state index in [9.17, 15) is 0 Å². The van der Waals surface area contributed by atoms with Gasteiger partial charge in [-0.1, -0.05) is 6.08 Å². The molecule has 0 bridgehead atoms. The molecule has 2 atom stereocenters. The van der Waals surface area contributed by atoms with Gasteiger partial charge in [0.1, 0.15) is 6.17 Å². The largest absolute Gasteiger partial charge is 0.380 e. The lowest BCUT2D eigenvalue weighted by molar-refractivity contribution is 0.480. The number of rotatable bonds is 0. The van der Waals surface area contributed by atoms with Crippen LogP contribution in [-0.2, 0) is 0 Å². The van der Waals surface area contributed by atoms with Gasteiger partial charge in [-0.2, -0.15) is 0 Å². The minimum atomic E-state index is 0.190. The van der Waals surface area contributed by atoms with Crippen molar-refractivity contribution in [2.45, 2.75) is 12.2 Å². The van der Waals surface area contributed by atoms with Gasteiger partial charge in [0.25, 0.3) is 0 Å². The van der Waals surface area contributed by atoms with Crippen LogP contribution in [-0.4, -0.2) is 18.4 Å². The van der Waals surface area contributed by atoms with E-state index in [0.29, 0.717) is 6.04 Å². The number of hydrogen-bond acceptors (Lipinski definition) is 3. The molecule has 0 amide bonds. The maximum Gasteiger partial charge on any atom is 0.142 e. The van der Waals surface area contributed by atoms with Crippen molar-refractivity contribution in [1.82, 2.24) is 10.6 Å². The molecule has 0 saturated heterocycles. The van der Waals surface area contributed by atoms with E-state index in [1.807, 2.05) is 24.7 Å². The summed E-state index contributed by atoms with van der Waals surface area (Å²) in [6, 6.07) is 0.329. The minimum Gasteiger partial charge on any atom is -0.380 e. The van der Waals surface area contributed by atoms with Gasteiger partial charge in [0.15, 0.2) is 0 Å². The summed E-state index contributed by atoms with van der Waals surface area (Å²) in [5, 5.41) is 6.31. The predicted octanol–water partition coefficient (Wildman–Crippen LogP) is -0.0143. The second kappa shape index (κ2) is 2.17. The third-order valence-corrected chi connectivity index (χ3v) is 1.63. The van der Waals surface area contributed by atoms with E-state index in [1.165, 1.54) is 0 Å². The molecular formula is C7H9N3. The van der Waals surface area contributed by atoms with Crippen molar-refractivity contribution in [2.75, 3.05) is 0 Å². The third kappa shape index (κ3) is 0.795. The fourth-order valence-corrected chi connectivity index (χ4v) is 1.11. The molecule has 52 valence electrons. The van der Waals surface area contributed by atoms with E-state index in [2.05, 4.69) is 21.7 Å². The summed E-state index contributed by atoms with van der Waals surface area (Å²) in [4.78, 5) is 4.21. The molecule has 0 fully saturated rings. The molecule has 0 saturated carbocycles. The fraction of sp³-hybridized carbons (Fsp3) is 0.286. The molecule has 2 aliphatic heterocycles. The highest BCUT2D eigenvalue weighted by Crippen LogP contribution is 2.04. The molecule has 2 rings (SSSR count). The van der Waals surface area contributed by atoms with Gasteiger partial charge in [-0.3, -0.25) is 4.99 Å². The zero-order valence-corrected chi connectivity index (χ0v) is 5.49. The first-order valence-corrected chi connectivity index (χ1v) is 3.34. The van der Waals surface area contributed by atoms with Crippen LogP contribution < -0.4 is 10.6 Å². The summed E-state index contributed by atoms with van der Waals surface area (Å²) >= 11 is 0. The van der Waals surface area contributed by atoms with Crippen molar-refractivity contribution in [3.63, 3.8) is 0 Å². The quantitative estimate of drug-likeness (QED) is 0.490. The van der Waals surface area contributed by atoms with E-state index in [4.69, 9.17) is 0 Å². The number of allylic oxidation sites excluding steroid dienone is 1. The first-order valence-electron chi connectivity index (χ1n) is 3.34. The van der Waals surface area contributed by atoms with Crippen molar-refractivity contribution in [1.29, 1.82) is 0 Å². The fourth-order valence-electron chi connectivity index (χ4n) is 1.11. The number of hydrogen-bond donors (Lipinski definition) is 2. The second-order valence-corrected chi connectivity index (χ2v) is 2.32. The maximum atomic E-state index is 4.21. The summed E-state index contributed by atoms with van der Waals surface area (Å²) in [7, 11) is 0. The van der Waals surface area contributed by atoms with Crippen LogP contribution in [0.15, 0.2) is 29.5 Å². The van der Waals surface area contributed by atoms with Crippen LogP contribution in [0.4, 0.5) is 0 Å². The molecule has 0 aromatic carbocycles. The highest BCUT2D eigenvalue weighted by molar-refractivity contribution is 5.72. The van der Waals surface area contributed by atoms with Gasteiger partial charge in [0, 0.05) is 18.6 Å². The van der Waals surface area contributed by atoms with Crippen LogP contribution in [0.3, 0.4) is 0 Å². The van der Waals surface area contributed by atoms with Gasteiger partial charge in [0.2, 0.25) is 0 Å². The number of dihydropyridines is 1. The predicted molar refractivity (Wildman–Crippen MR) is 40.6 cm³/mol. The van der Waals surface area contributed by atoms with Crippen LogP contribution in [0.1, 0.15) is 0 Å². The average Bonchev–Trinajstić information content (AvgIpc) is 2.05. The van der Waals surface area contributed by atoms with Gasteiger partial charge < -0.3 is 10.6 Å². The summed E-state index contributed by atoms with van der Waals surface area (Å²) in [5.41, 5.74) is 0. The smallest absolute Gasteiger partial charge is 0.142 e. The van der Waals surface area contributed by atoms with Crippen LogP contribution >= 0.6 is 0 Å². The average molecular weight is 135 g/mol. The number of nitrogens with one attached hydrogen (secondary N) is 2. The van der Waals surface area contributed by atoms with E-state index < -0.39 is 0 Å². The van der Waals surface area contributed by atoms with E-state index in [1.54, 1.807) is 0 Å². The Morgan fingerprint density at radius 2 is 2.10 bits per heavy atom. The number of fused-ring (bicyclic) bond motifs is 1. The Hall–Kier alpha value is -1.25. The molecule has 0 radical (unpaired) electrons. The van der Waals surface area contributed by atoms with Gasteiger partial charge in [0.05, 0.1) is 6.04 Å². The summed E-state index contributed by atoms with van der Waals surface area (Å²) in [6.45, 7) is 0.